The summed E-state index contributed by atoms with van der Waals surface area (Å²) in [6.07, 6.45) is 2.26. The molecular formula is C23H24N4O2. The number of oxazole rings is 1. The summed E-state index contributed by atoms with van der Waals surface area (Å²) in [5.41, 5.74) is 5.41. The van der Waals surface area contributed by atoms with E-state index >= 15 is 0 Å². The molecule has 1 aliphatic rings. The summed E-state index contributed by atoms with van der Waals surface area (Å²) < 4.78 is 5.62. The van der Waals surface area contributed by atoms with Gasteiger partial charge in [-0.05, 0) is 87.3 Å². The normalized spacial score (nSPS) is 16.1. The van der Waals surface area contributed by atoms with Gasteiger partial charge in [0.2, 0.25) is 0 Å². The van der Waals surface area contributed by atoms with Gasteiger partial charge in [0.15, 0.2) is 11.5 Å². The number of piperidine rings is 1. The van der Waals surface area contributed by atoms with Crippen LogP contribution in [0.2, 0.25) is 0 Å². The van der Waals surface area contributed by atoms with Gasteiger partial charge in [0.25, 0.3) is 5.56 Å². The molecule has 0 amide bonds. The fraction of sp³-hybridized carbons (Fsp3) is 0.348. The van der Waals surface area contributed by atoms with Crippen LogP contribution in [0, 0.1) is 13.8 Å². The van der Waals surface area contributed by atoms with E-state index in [1.54, 1.807) is 0 Å². The zero-order valence-electron chi connectivity index (χ0n) is 17.0. The predicted octanol–water partition coefficient (Wildman–Crippen LogP) is 4.16. The van der Waals surface area contributed by atoms with Crippen LogP contribution in [0.5, 0.6) is 0 Å². The maximum absolute atomic E-state index is 12.9. The molecule has 4 aromatic rings. The smallest absolute Gasteiger partial charge is 0.259 e. The molecule has 1 saturated heterocycles. The topological polar surface area (TPSA) is 75.0 Å². The third-order valence-corrected chi connectivity index (χ3v) is 6.02. The van der Waals surface area contributed by atoms with Gasteiger partial charge in [-0.1, -0.05) is 0 Å². The molecule has 3 heterocycles. The van der Waals surface area contributed by atoms with Crippen LogP contribution >= 0.6 is 0 Å². The number of hydrogen-bond acceptors (Lipinski definition) is 5. The highest BCUT2D eigenvalue weighted by atomic mass is 16.3. The van der Waals surface area contributed by atoms with Crippen molar-refractivity contribution in [1.82, 2.24) is 19.9 Å². The number of rotatable bonds is 2. The molecule has 0 bridgehead atoms. The monoisotopic (exact) mass is 388 g/mol. The van der Waals surface area contributed by atoms with E-state index in [0.717, 1.165) is 42.5 Å². The van der Waals surface area contributed by atoms with Crippen molar-refractivity contribution in [2.24, 2.45) is 0 Å². The van der Waals surface area contributed by atoms with Crippen molar-refractivity contribution >= 4 is 22.0 Å². The Morgan fingerprint density at radius 3 is 2.66 bits per heavy atom. The number of H-pyrrole nitrogens is 1. The lowest BCUT2D eigenvalue weighted by atomic mass is 9.86. The number of benzene rings is 2. The van der Waals surface area contributed by atoms with Crippen LogP contribution in [0.25, 0.3) is 33.4 Å². The molecule has 0 radical (unpaired) electrons. The van der Waals surface area contributed by atoms with Crippen molar-refractivity contribution in [3.8, 4) is 11.4 Å². The Hall–Kier alpha value is -2.99. The van der Waals surface area contributed by atoms with Gasteiger partial charge in [-0.2, -0.15) is 0 Å². The van der Waals surface area contributed by atoms with E-state index in [0.29, 0.717) is 28.6 Å². The molecule has 0 atom stereocenters. The van der Waals surface area contributed by atoms with Gasteiger partial charge in [-0.15, -0.1) is 0 Å². The van der Waals surface area contributed by atoms with Crippen molar-refractivity contribution in [3.05, 3.63) is 57.7 Å². The largest absolute Gasteiger partial charge is 0.441 e. The number of likely N-dealkylation sites (tertiary alicyclic amines) is 1. The molecule has 0 spiro atoms. The second-order valence-corrected chi connectivity index (χ2v) is 8.13. The van der Waals surface area contributed by atoms with Crippen LogP contribution in [0.4, 0.5) is 0 Å². The van der Waals surface area contributed by atoms with E-state index in [4.69, 9.17) is 9.40 Å². The average Bonchev–Trinajstić information content (AvgIpc) is 3.07. The van der Waals surface area contributed by atoms with E-state index in [1.165, 1.54) is 11.1 Å². The SMILES string of the molecule is Cc1nc2ccc(-c3nc4cc(C)c(C5CCN(C)CC5)cc4c(=O)[nH]3)cc2o1. The number of nitrogens with one attached hydrogen (secondary N) is 1. The second-order valence-electron chi connectivity index (χ2n) is 8.13. The predicted molar refractivity (Wildman–Crippen MR) is 114 cm³/mol. The van der Waals surface area contributed by atoms with Crippen LogP contribution in [0.3, 0.4) is 0 Å². The van der Waals surface area contributed by atoms with E-state index in [9.17, 15) is 4.79 Å². The molecule has 29 heavy (non-hydrogen) atoms. The summed E-state index contributed by atoms with van der Waals surface area (Å²) in [5, 5.41) is 0.657. The van der Waals surface area contributed by atoms with Gasteiger partial charge in [-0.25, -0.2) is 9.97 Å². The van der Waals surface area contributed by atoms with Crippen molar-refractivity contribution in [3.63, 3.8) is 0 Å². The molecule has 0 saturated carbocycles. The molecule has 0 aliphatic carbocycles. The zero-order chi connectivity index (χ0) is 20.1. The van der Waals surface area contributed by atoms with Crippen LogP contribution < -0.4 is 5.56 Å². The summed E-state index contributed by atoms with van der Waals surface area (Å²) in [7, 11) is 2.16. The molecule has 1 fully saturated rings. The lowest BCUT2D eigenvalue weighted by molar-refractivity contribution is 0.255. The van der Waals surface area contributed by atoms with E-state index < -0.39 is 0 Å². The third-order valence-electron chi connectivity index (χ3n) is 6.02. The Morgan fingerprint density at radius 1 is 1.07 bits per heavy atom. The highest BCUT2D eigenvalue weighted by Crippen LogP contribution is 2.32. The third kappa shape index (κ3) is 3.23. The first-order valence-electron chi connectivity index (χ1n) is 10.1. The van der Waals surface area contributed by atoms with Crippen LogP contribution in [-0.2, 0) is 0 Å². The summed E-state index contributed by atoms with van der Waals surface area (Å²) in [4.78, 5) is 27.3. The standard InChI is InChI=1S/C23H24N4O2/c1-13-10-20-18(12-17(13)15-6-8-27(3)9-7-15)23(28)26-22(25-20)16-4-5-19-21(11-16)29-14(2)24-19/h4-5,10-12,15H,6-9H2,1-3H3,(H,25,26,28). The Kier molecular flexibility index (Phi) is 4.24. The molecule has 6 nitrogen and oxygen atoms in total. The molecule has 5 rings (SSSR count). The molecule has 0 unspecified atom stereocenters. The molecule has 2 aromatic heterocycles. The van der Waals surface area contributed by atoms with Gasteiger partial charge >= 0.3 is 0 Å². The summed E-state index contributed by atoms with van der Waals surface area (Å²) >= 11 is 0. The van der Waals surface area contributed by atoms with Crippen molar-refractivity contribution in [1.29, 1.82) is 0 Å². The number of aromatic amines is 1. The molecule has 6 heteroatoms. The zero-order valence-corrected chi connectivity index (χ0v) is 17.0. The van der Waals surface area contributed by atoms with Gasteiger partial charge in [0, 0.05) is 12.5 Å². The number of nitrogens with zero attached hydrogens (tertiary/aromatic N) is 3. The fourth-order valence-electron chi connectivity index (χ4n) is 4.39. The summed E-state index contributed by atoms with van der Waals surface area (Å²) in [5.74, 6) is 1.67. The first-order valence-corrected chi connectivity index (χ1v) is 10.1. The Labute approximate surface area is 168 Å². The van der Waals surface area contributed by atoms with Crippen LogP contribution in [-0.4, -0.2) is 40.0 Å². The average molecular weight is 388 g/mol. The fourth-order valence-corrected chi connectivity index (χ4v) is 4.39. The first kappa shape index (κ1) is 18.1. The van der Waals surface area contributed by atoms with E-state index in [1.807, 2.05) is 25.1 Å². The van der Waals surface area contributed by atoms with Gasteiger partial charge < -0.3 is 14.3 Å². The van der Waals surface area contributed by atoms with Gasteiger partial charge in [0.05, 0.1) is 10.9 Å². The van der Waals surface area contributed by atoms with Gasteiger partial charge in [-0.3, -0.25) is 4.79 Å². The number of aryl methyl sites for hydroxylation is 2. The highest BCUT2D eigenvalue weighted by Gasteiger charge is 2.21. The van der Waals surface area contributed by atoms with Crippen LogP contribution in [0.15, 0.2) is 39.5 Å². The lowest BCUT2D eigenvalue weighted by Crippen LogP contribution is -2.29. The quantitative estimate of drug-likeness (QED) is 0.558. The Balaban J connectivity index is 1.58. The highest BCUT2D eigenvalue weighted by molar-refractivity contribution is 5.83. The van der Waals surface area contributed by atoms with Gasteiger partial charge in [0.1, 0.15) is 11.3 Å². The lowest BCUT2D eigenvalue weighted by Gasteiger charge is -2.30. The first-order chi connectivity index (χ1) is 14.0. The number of aromatic nitrogens is 3. The Morgan fingerprint density at radius 2 is 1.86 bits per heavy atom. The number of fused-ring (bicyclic) bond motifs is 2. The molecule has 148 valence electrons. The molecular weight excluding hydrogens is 364 g/mol. The second kappa shape index (κ2) is 6.81. The molecule has 1 aliphatic heterocycles. The maximum Gasteiger partial charge on any atom is 0.259 e. The molecule has 2 aromatic carbocycles. The van der Waals surface area contributed by atoms with Crippen molar-refractivity contribution in [2.45, 2.75) is 32.6 Å². The minimum Gasteiger partial charge on any atom is -0.441 e. The van der Waals surface area contributed by atoms with Crippen molar-refractivity contribution in [2.75, 3.05) is 20.1 Å². The summed E-state index contributed by atoms with van der Waals surface area (Å²) in [6.45, 7) is 6.14. The van der Waals surface area contributed by atoms with Crippen molar-refractivity contribution < 1.29 is 4.42 Å². The number of hydrogen-bond donors (Lipinski definition) is 1. The van der Waals surface area contributed by atoms with E-state index in [2.05, 4.69) is 41.0 Å². The summed E-state index contributed by atoms with van der Waals surface area (Å²) in [6, 6.07) is 9.78. The van der Waals surface area contributed by atoms with E-state index in [-0.39, 0.29) is 5.56 Å². The Bertz CT molecular complexity index is 1280. The maximum atomic E-state index is 12.9. The van der Waals surface area contributed by atoms with Crippen LogP contribution in [0.1, 0.15) is 35.8 Å². The minimum absolute atomic E-state index is 0.104. The minimum atomic E-state index is -0.104. The molecule has 1 N–H and O–H groups in total.